The molecule has 2 aromatic carbocycles. The minimum absolute atomic E-state index is 0.00723. The van der Waals surface area contributed by atoms with Crippen LogP contribution in [0, 0.1) is 0 Å². The van der Waals surface area contributed by atoms with Gasteiger partial charge in [-0.25, -0.2) is 9.97 Å². The Balaban J connectivity index is 1.35. The standard InChI is InChI=1S/C31H32N6O2/c1-36-28(22-12-14-24(15-13-22)35-25(38)18-20-6-2-3-7-20)26(27-29(32)33-19-34-30(27)36)21-8-10-23(11-9-21)31(39)37-16-4-5-17-37/h6,8-15,19H,2-5,7,16-18H2,1H3,(H,35,38)(H2,32,33,34). The second-order valence-electron chi connectivity index (χ2n) is 10.4. The third kappa shape index (κ3) is 4.78. The maximum atomic E-state index is 12.9. The van der Waals surface area contributed by atoms with Gasteiger partial charge in [0.2, 0.25) is 5.91 Å². The molecule has 1 aliphatic heterocycles. The van der Waals surface area contributed by atoms with Crippen molar-refractivity contribution in [2.75, 3.05) is 24.1 Å². The van der Waals surface area contributed by atoms with E-state index in [1.165, 1.54) is 11.9 Å². The number of carbonyl (C=O) groups is 2. The molecule has 1 aliphatic carbocycles. The highest BCUT2D eigenvalue weighted by Crippen LogP contribution is 2.41. The topological polar surface area (TPSA) is 106 Å². The van der Waals surface area contributed by atoms with Crippen molar-refractivity contribution < 1.29 is 9.59 Å². The van der Waals surface area contributed by atoms with Crippen LogP contribution in [-0.2, 0) is 11.8 Å². The molecule has 1 saturated heterocycles. The smallest absolute Gasteiger partial charge is 0.253 e. The first-order chi connectivity index (χ1) is 19.0. The normalized spacial score (nSPS) is 15.1. The minimum atomic E-state index is 0.00723. The van der Waals surface area contributed by atoms with Gasteiger partial charge in [0.05, 0.1) is 11.1 Å². The molecule has 0 radical (unpaired) electrons. The van der Waals surface area contributed by atoms with E-state index < -0.39 is 0 Å². The fraction of sp³-hybridized carbons (Fsp3) is 0.290. The average molecular weight is 521 g/mol. The van der Waals surface area contributed by atoms with Crippen molar-refractivity contribution in [1.29, 1.82) is 0 Å². The number of hydrogen-bond donors (Lipinski definition) is 2. The lowest BCUT2D eigenvalue weighted by molar-refractivity contribution is -0.115. The zero-order chi connectivity index (χ0) is 26.9. The highest BCUT2D eigenvalue weighted by molar-refractivity contribution is 6.08. The van der Waals surface area contributed by atoms with Gasteiger partial charge in [-0.3, -0.25) is 9.59 Å². The Kier molecular flexibility index (Phi) is 6.60. The highest BCUT2D eigenvalue weighted by atomic mass is 16.2. The Morgan fingerprint density at radius 1 is 0.949 bits per heavy atom. The molecule has 0 saturated carbocycles. The number of aryl methyl sites for hydroxylation is 1. The second kappa shape index (κ2) is 10.4. The van der Waals surface area contributed by atoms with Crippen LogP contribution < -0.4 is 11.1 Å². The Hall–Kier alpha value is -4.46. The fourth-order valence-corrected chi connectivity index (χ4v) is 5.80. The largest absolute Gasteiger partial charge is 0.383 e. The second-order valence-corrected chi connectivity index (χ2v) is 10.4. The molecule has 8 heteroatoms. The molecule has 0 atom stereocenters. The number of rotatable bonds is 6. The highest BCUT2D eigenvalue weighted by Gasteiger charge is 2.23. The van der Waals surface area contributed by atoms with Gasteiger partial charge in [-0.1, -0.05) is 35.9 Å². The molecule has 2 amide bonds. The van der Waals surface area contributed by atoms with E-state index in [1.54, 1.807) is 0 Å². The van der Waals surface area contributed by atoms with E-state index in [-0.39, 0.29) is 11.8 Å². The molecule has 198 valence electrons. The number of hydrogen-bond acceptors (Lipinski definition) is 5. The first-order valence-electron chi connectivity index (χ1n) is 13.6. The van der Waals surface area contributed by atoms with Crippen LogP contribution in [0.4, 0.5) is 11.5 Å². The lowest BCUT2D eigenvalue weighted by atomic mass is 9.97. The number of nitrogen functional groups attached to an aromatic ring is 1. The van der Waals surface area contributed by atoms with E-state index in [2.05, 4.69) is 21.4 Å². The monoisotopic (exact) mass is 520 g/mol. The Labute approximate surface area is 227 Å². The molecule has 1 fully saturated rings. The Morgan fingerprint density at radius 3 is 2.36 bits per heavy atom. The summed E-state index contributed by atoms with van der Waals surface area (Å²) in [7, 11) is 1.96. The Morgan fingerprint density at radius 2 is 1.67 bits per heavy atom. The summed E-state index contributed by atoms with van der Waals surface area (Å²) >= 11 is 0. The van der Waals surface area contributed by atoms with Crippen molar-refractivity contribution in [2.24, 2.45) is 7.05 Å². The summed E-state index contributed by atoms with van der Waals surface area (Å²) in [5, 5.41) is 3.79. The zero-order valence-corrected chi connectivity index (χ0v) is 22.1. The number of nitrogens with zero attached hydrogens (tertiary/aromatic N) is 4. The molecule has 2 aliphatic rings. The predicted molar refractivity (Wildman–Crippen MR) is 154 cm³/mol. The number of nitrogens with two attached hydrogens (primary N) is 1. The van der Waals surface area contributed by atoms with Crippen LogP contribution in [0.3, 0.4) is 0 Å². The molecule has 2 aromatic heterocycles. The van der Waals surface area contributed by atoms with E-state index in [0.717, 1.165) is 84.3 Å². The van der Waals surface area contributed by atoms with Crippen LogP contribution in [0.25, 0.3) is 33.4 Å². The quantitative estimate of drug-likeness (QED) is 0.324. The number of likely N-dealkylation sites (tertiary alicyclic amines) is 1. The number of anilines is 2. The van der Waals surface area contributed by atoms with E-state index in [4.69, 9.17) is 5.73 Å². The molecule has 6 rings (SSSR count). The van der Waals surface area contributed by atoms with Crippen molar-refractivity contribution in [3.05, 3.63) is 72.1 Å². The molecule has 0 spiro atoms. The number of nitrogens with one attached hydrogen (secondary N) is 1. The molecule has 0 unspecified atom stereocenters. The number of fused-ring (bicyclic) bond motifs is 1. The van der Waals surface area contributed by atoms with Crippen LogP contribution in [0.1, 0.15) is 48.9 Å². The number of allylic oxidation sites excluding steroid dienone is 1. The molecular formula is C31H32N6O2. The van der Waals surface area contributed by atoms with Crippen molar-refractivity contribution in [3.63, 3.8) is 0 Å². The van der Waals surface area contributed by atoms with Crippen molar-refractivity contribution >= 4 is 34.4 Å². The van der Waals surface area contributed by atoms with E-state index in [9.17, 15) is 9.59 Å². The first-order valence-corrected chi connectivity index (χ1v) is 13.6. The minimum Gasteiger partial charge on any atom is -0.383 e. The zero-order valence-electron chi connectivity index (χ0n) is 22.1. The molecular weight excluding hydrogens is 488 g/mol. The third-order valence-electron chi connectivity index (χ3n) is 7.78. The van der Waals surface area contributed by atoms with Crippen molar-refractivity contribution in [2.45, 2.75) is 38.5 Å². The predicted octanol–water partition coefficient (Wildman–Crippen LogP) is 5.56. The molecule has 3 heterocycles. The van der Waals surface area contributed by atoms with Crippen LogP contribution >= 0.6 is 0 Å². The van der Waals surface area contributed by atoms with Gasteiger partial charge in [0, 0.05) is 43.4 Å². The van der Waals surface area contributed by atoms with Gasteiger partial charge in [-0.2, -0.15) is 0 Å². The number of aromatic nitrogens is 3. The molecule has 8 nitrogen and oxygen atoms in total. The molecule has 4 aromatic rings. The fourth-order valence-electron chi connectivity index (χ4n) is 5.80. The van der Waals surface area contributed by atoms with Gasteiger partial charge in [0.25, 0.3) is 5.91 Å². The van der Waals surface area contributed by atoms with Gasteiger partial charge in [-0.15, -0.1) is 0 Å². The van der Waals surface area contributed by atoms with Crippen molar-refractivity contribution in [1.82, 2.24) is 19.4 Å². The number of benzene rings is 2. The lowest BCUT2D eigenvalue weighted by Gasteiger charge is -2.15. The summed E-state index contributed by atoms with van der Waals surface area (Å²) in [5.74, 6) is 0.480. The van der Waals surface area contributed by atoms with Gasteiger partial charge in [-0.05, 0) is 67.5 Å². The summed E-state index contributed by atoms with van der Waals surface area (Å²) in [6, 6.07) is 15.6. The molecule has 39 heavy (non-hydrogen) atoms. The maximum Gasteiger partial charge on any atom is 0.253 e. The number of carbonyl (C=O) groups excluding carboxylic acids is 2. The molecule has 3 N–H and O–H groups in total. The summed E-state index contributed by atoms with van der Waals surface area (Å²) in [6.07, 6.45) is 9.42. The van der Waals surface area contributed by atoms with Crippen molar-refractivity contribution in [3.8, 4) is 22.4 Å². The van der Waals surface area contributed by atoms with Gasteiger partial charge >= 0.3 is 0 Å². The summed E-state index contributed by atoms with van der Waals surface area (Å²) < 4.78 is 2.02. The van der Waals surface area contributed by atoms with Gasteiger partial charge < -0.3 is 20.5 Å². The summed E-state index contributed by atoms with van der Waals surface area (Å²) in [5.41, 5.74) is 13.5. The van der Waals surface area contributed by atoms with Gasteiger partial charge in [0.15, 0.2) is 0 Å². The van der Waals surface area contributed by atoms with Crippen LogP contribution in [0.2, 0.25) is 0 Å². The Bertz CT molecular complexity index is 1580. The maximum absolute atomic E-state index is 12.9. The summed E-state index contributed by atoms with van der Waals surface area (Å²) in [6.45, 7) is 1.63. The lowest BCUT2D eigenvalue weighted by Crippen LogP contribution is -2.27. The van der Waals surface area contributed by atoms with E-state index in [1.807, 2.05) is 65.0 Å². The first kappa shape index (κ1) is 24.9. The van der Waals surface area contributed by atoms with Crippen LogP contribution in [0.5, 0.6) is 0 Å². The summed E-state index contributed by atoms with van der Waals surface area (Å²) in [4.78, 5) is 36.1. The van der Waals surface area contributed by atoms with E-state index in [0.29, 0.717) is 17.8 Å². The molecule has 0 bridgehead atoms. The van der Waals surface area contributed by atoms with Crippen LogP contribution in [0.15, 0.2) is 66.5 Å². The number of amides is 2. The SMILES string of the molecule is Cn1c(-c2ccc(NC(=O)CC3=CCCC3)cc2)c(-c2ccc(C(=O)N3CCCC3)cc2)c2c(N)ncnc21. The van der Waals surface area contributed by atoms with Crippen LogP contribution in [-0.4, -0.2) is 44.3 Å². The van der Waals surface area contributed by atoms with E-state index >= 15 is 0 Å². The van der Waals surface area contributed by atoms with Gasteiger partial charge in [0.1, 0.15) is 17.8 Å². The third-order valence-corrected chi connectivity index (χ3v) is 7.78. The average Bonchev–Trinajstić information content (AvgIpc) is 3.71.